The van der Waals surface area contributed by atoms with Crippen LogP contribution in [0.3, 0.4) is 0 Å². The summed E-state index contributed by atoms with van der Waals surface area (Å²) in [5, 5.41) is 3.28. The van der Waals surface area contributed by atoms with E-state index in [2.05, 4.69) is 84.3 Å². The molecule has 0 saturated carbocycles. The maximum atomic E-state index is 5.54. The van der Waals surface area contributed by atoms with Gasteiger partial charge >= 0.3 is 0 Å². The van der Waals surface area contributed by atoms with Gasteiger partial charge in [0.25, 0.3) is 0 Å². The number of likely N-dealkylation sites (N-methyl/N-ethyl adjacent to an activating group) is 2. The van der Waals surface area contributed by atoms with Crippen LogP contribution in [-0.4, -0.2) is 56.2 Å². The van der Waals surface area contributed by atoms with Gasteiger partial charge in [0.1, 0.15) is 5.75 Å². The molecule has 1 aromatic heterocycles. The number of hydrogen-bond acceptors (Lipinski definition) is 6. The number of nitrogens with zero attached hydrogens (tertiary/aromatic N) is 4. The topological polar surface area (TPSA) is 53.5 Å². The minimum absolute atomic E-state index is 0.441. The number of nitrogens with one attached hydrogen (secondary N) is 1. The van der Waals surface area contributed by atoms with Gasteiger partial charge in [-0.15, -0.1) is 0 Å². The van der Waals surface area contributed by atoms with Crippen LogP contribution in [0.4, 0.5) is 17.3 Å². The molecule has 31 heavy (non-hydrogen) atoms. The summed E-state index contributed by atoms with van der Waals surface area (Å²) in [5.74, 6) is 1.83. The Bertz CT molecular complexity index is 968. The van der Waals surface area contributed by atoms with Crippen LogP contribution < -0.4 is 15.0 Å². The van der Waals surface area contributed by atoms with Crippen molar-refractivity contribution in [2.75, 3.05) is 51.6 Å². The van der Waals surface area contributed by atoms with Crippen LogP contribution >= 0.6 is 0 Å². The average molecular weight is 420 g/mol. The third kappa shape index (κ3) is 5.95. The Morgan fingerprint density at radius 3 is 2.19 bits per heavy atom. The third-order valence-electron chi connectivity index (χ3n) is 5.30. The molecule has 0 atom stereocenters. The lowest BCUT2D eigenvalue weighted by atomic mass is 9.98. The first-order valence-corrected chi connectivity index (χ1v) is 10.6. The van der Waals surface area contributed by atoms with E-state index in [1.165, 1.54) is 11.3 Å². The lowest BCUT2D eigenvalue weighted by Gasteiger charge is -2.21. The van der Waals surface area contributed by atoms with Crippen LogP contribution in [0.1, 0.15) is 25.3 Å². The van der Waals surface area contributed by atoms with Crippen molar-refractivity contribution in [3.05, 3.63) is 60.4 Å². The summed E-state index contributed by atoms with van der Waals surface area (Å²) in [7, 11) is 7.97. The normalized spacial score (nSPS) is 11.1. The van der Waals surface area contributed by atoms with Crippen molar-refractivity contribution in [3.8, 4) is 16.9 Å². The minimum atomic E-state index is 0.441. The third-order valence-corrected chi connectivity index (χ3v) is 5.30. The standard InChI is InChI=1S/C25H33N5O/c1-18(2)19-7-12-24(31-6)23(15-19)20-16-26-25(27-17-20)28-21-8-10-22(11-9-21)30(5)14-13-29(3)4/h7-12,15-18H,13-14H2,1-6H3,(H,26,27,28). The molecule has 0 fully saturated rings. The van der Waals surface area contributed by atoms with Gasteiger partial charge < -0.3 is 19.9 Å². The highest BCUT2D eigenvalue weighted by Crippen LogP contribution is 2.32. The molecule has 2 aromatic carbocycles. The molecule has 6 nitrogen and oxygen atoms in total. The number of hydrogen-bond donors (Lipinski definition) is 1. The van der Waals surface area contributed by atoms with Crippen LogP contribution in [0.25, 0.3) is 11.1 Å². The fourth-order valence-corrected chi connectivity index (χ4v) is 3.25. The van der Waals surface area contributed by atoms with Crippen molar-refractivity contribution < 1.29 is 4.74 Å². The van der Waals surface area contributed by atoms with Gasteiger partial charge in [-0.1, -0.05) is 19.9 Å². The number of aromatic nitrogens is 2. The van der Waals surface area contributed by atoms with Crippen molar-refractivity contribution in [2.45, 2.75) is 19.8 Å². The molecule has 0 unspecified atom stereocenters. The molecule has 0 aliphatic rings. The molecule has 164 valence electrons. The molecule has 0 spiro atoms. The van der Waals surface area contributed by atoms with E-state index < -0.39 is 0 Å². The zero-order chi connectivity index (χ0) is 22.4. The van der Waals surface area contributed by atoms with Gasteiger partial charge in [0.15, 0.2) is 0 Å². The summed E-state index contributed by atoms with van der Waals surface area (Å²) in [6.45, 7) is 6.36. The second kappa shape index (κ2) is 10.3. The first kappa shape index (κ1) is 22.6. The molecule has 6 heteroatoms. The molecule has 1 N–H and O–H groups in total. The molecule has 1 heterocycles. The Labute approximate surface area is 185 Å². The Morgan fingerprint density at radius 1 is 0.935 bits per heavy atom. The van der Waals surface area contributed by atoms with E-state index in [9.17, 15) is 0 Å². The first-order valence-electron chi connectivity index (χ1n) is 10.6. The zero-order valence-corrected chi connectivity index (χ0v) is 19.4. The van der Waals surface area contributed by atoms with E-state index in [1.807, 2.05) is 30.6 Å². The quantitative estimate of drug-likeness (QED) is 0.526. The summed E-state index contributed by atoms with van der Waals surface area (Å²) in [6.07, 6.45) is 3.67. The fourth-order valence-electron chi connectivity index (χ4n) is 3.25. The predicted octanol–water partition coefficient (Wildman–Crippen LogP) is 5.02. The Kier molecular flexibility index (Phi) is 7.47. The van der Waals surface area contributed by atoms with Crippen LogP contribution in [-0.2, 0) is 0 Å². The summed E-state index contributed by atoms with van der Waals surface area (Å²) in [5.41, 5.74) is 5.33. The fraction of sp³-hybridized carbons (Fsp3) is 0.360. The lowest BCUT2D eigenvalue weighted by molar-refractivity contribution is 0.416. The molecular weight excluding hydrogens is 386 g/mol. The Balaban J connectivity index is 1.71. The molecule has 0 bridgehead atoms. The van der Waals surface area contributed by atoms with E-state index in [4.69, 9.17) is 4.74 Å². The second-order valence-electron chi connectivity index (χ2n) is 8.31. The molecule has 3 rings (SSSR count). The number of benzene rings is 2. The van der Waals surface area contributed by atoms with Gasteiger partial charge in [0.2, 0.25) is 5.95 Å². The molecular formula is C25H33N5O. The van der Waals surface area contributed by atoms with E-state index in [-0.39, 0.29) is 0 Å². The van der Waals surface area contributed by atoms with Crippen LogP contribution in [0.2, 0.25) is 0 Å². The Morgan fingerprint density at radius 2 is 1.61 bits per heavy atom. The molecule has 0 saturated heterocycles. The van der Waals surface area contributed by atoms with Crippen LogP contribution in [0, 0.1) is 0 Å². The largest absolute Gasteiger partial charge is 0.496 e. The van der Waals surface area contributed by atoms with Crippen molar-refractivity contribution in [1.29, 1.82) is 0 Å². The van der Waals surface area contributed by atoms with E-state index >= 15 is 0 Å². The average Bonchev–Trinajstić information content (AvgIpc) is 2.78. The first-order chi connectivity index (χ1) is 14.9. The van der Waals surface area contributed by atoms with Crippen molar-refractivity contribution in [3.63, 3.8) is 0 Å². The molecule has 0 aliphatic heterocycles. The van der Waals surface area contributed by atoms with E-state index in [0.717, 1.165) is 35.7 Å². The summed E-state index contributed by atoms with van der Waals surface area (Å²) >= 11 is 0. The van der Waals surface area contributed by atoms with Crippen molar-refractivity contribution in [2.24, 2.45) is 0 Å². The van der Waals surface area contributed by atoms with Gasteiger partial charge in [-0.25, -0.2) is 9.97 Å². The maximum Gasteiger partial charge on any atom is 0.227 e. The molecule has 3 aromatic rings. The lowest BCUT2D eigenvalue weighted by Crippen LogP contribution is -2.28. The number of rotatable bonds is 9. The second-order valence-corrected chi connectivity index (χ2v) is 8.31. The number of methoxy groups -OCH3 is 1. The van der Waals surface area contributed by atoms with Crippen molar-refractivity contribution >= 4 is 17.3 Å². The van der Waals surface area contributed by atoms with Crippen LogP contribution in [0.15, 0.2) is 54.9 Å². The van der Waals surface area contributed by atoms with Gasteiger partial charge in [-0.3, -0.25) is 0 Å². The van der Waals surface area contributed by atoms with E-state index in [1.54, 1.807) is 7.11 Å². The highest BCUT2D eigenvalue weighted by molar-refractivity contribution is 5.71. The van der Waals surface area contributed by atoms with Gasteiger partial charge in [0.05, 0.1) is 7.11 Å². The smallest absolute Gasteiger partial charge is 0.227 e. The van der Waals surface area contributed by atoms with Gasteiger partial charge in [-0.2, -0.15) is 0 Å². The predicted molar refractivity (Wildman–Crippen MR) is 130 cm³/mol. The van der Waals surface area contributed by atoms with Crippen LogP contribution in [0.5, 0.6) is 5.75 Å². The summed E-state index contributed by atoms with van der Waals surface area (Å²) in [6, 6.07) is 14.6. The minimum Gasteiger partial charge on any atom is -0.496 e. The van der Waals surface area contributed by atoms with Crippen molar-refractivity contribution in [1.82, 2.24) is 14.9 Å². The molecule has 0 amide bonds. The Hall–Kier alpha value is -3.12. The summed E-state index contributed by atoms with van der Waals surface area (Å²) < 4.78 is 5.54. The number of ether oxygens (including phenoxy) is 1. The molecule has 0 radical (unpaired) electrons. The summed E-state index contributed by atoms with van der Waals surface area (Å²) in [4.78, 5) is 13.5. The molecule has 0 aliphatic carbocycles. The number of anilines is 3. The zero-order valence-electron chi connectivity index (χ0n) is 19.4. The monoisotopic (exact) mass is 419 g/mol. The highest BCUT2D eigenvalue weighted by Gasteiger charge is 2.10. The SMILES string of the molecule is COc1ccc(C(C)C)cc1-c1cnc(Nc2ccc(N(C)CCN(C)C)cc2)nc1. The highest BCUT2D eigenvalue weighted by atomic mass is 16.5. The maximum absolute atomic E-state index is 5.54. The van der Waals surface area contributed by atoms with E-state index in [0.29, 0.717) is 11.9 Å². The van der Waals surface area contributed by atoms with Gasteiger partial charge in [0, 0.05) is 55.0 Å². The van der Waals surface area contributed by atoms with Gasteiger partial charge in [-0.05, 0) is 62.0 Å².